The van der Waals surface area contributed by atoms with Gasteiger partial charge in [-0.05, 0) is 30.5 Å². The maximum absolute atomic E-state index is 14.1. The number of aryl methyl sites for hydroxylation is 1. The molecule has 31 heavy (non-hydrogen) atoms. The number of thiophene rings is 1. The van der Waals surface area contributed by atoms with E-state index in [2.05, 4.69) is 0 Å². The number of aliphatic hydroxyl groups is 1. The smallest absolute Gasteiger partial charge is 0.345 e. The topological polar surface area (TPSA) is 77.8 Å². The lowest BCUT2D eigenvalue weighted by molar-refractivity contribution is -0.148. The summed E-state index contributed by atoms with van der Waals surface area (Å²) in [6.07, 6.45) is 2.44. The lowest BCUT2D eigenvalue weighted by Gasteiger charge is -2.22. The lowest BCUT2D eigenvalue weighted by atomic mass is 9.94. The minimum atomic E-state index is -3.43. The molecule has 2 N–H and O–H groups in total. The lowest BCUT2D eigenvalue weighted by Crippen LogP contribution is -2.36. The second-order valence-electron chi connectivity index (χ2n) is 7.72. The fraction of sp³-hybridized carbons (Fsp3) is 0.391. The fourth-order valence-corrected chi connectivity index (χ4v) is 4.56. The van der Waals surface area contributed by atoms with E-state index in [9.17, 15) is 23.5 Å². The number of carbonyl (C=O) groups is 2. The van der Waals surface area contributed by atoms with Crippen molar-refractivity contribution in [2.75, 3.05) is 6.54 Å². The third-order valence-electron chi connectivity index (χ3n) is 5.50. The van der Waals surface area contributed by atoms with Crippen molar-refractivity contribution in [3.63, 3.8) is 0 Å². The normalized spacial score (nSPS) is 20.3. The van der Waals surface area contributed by atoms with Gasteiger partial charge in [0.05, 0.1) is 12.1 Å². The van der Waals surface area contributed by atoms with Crippen LogP contribution in [0.4, 0.5) is 8.78 Å². The number of hydrogen-bond acceptors (Lipinski definition) is 4. The monoisotopic (exact) mass is 449 g/mol. The van der Waals surface area contributed by atoms with Gasteiger partial charge in [-0.25, -0.2) is 4.79 Å². The predicted molar refractivity (Wildman–Crippen MR) is 115 cm³/mol. The second-order valence-corrected chi connectivity index (χ2v) is 8.89. The van der Waals surface area contributed by atoms with Crippen LogP contribution in [0.3, 0.4) is 0 Å². The van der Waals surface area contributed by atoms with E-state index in [0.29, 0.717) is 12.8 Å². The summed E-state index contributed by atoms with van der Waals surface area (Å²) in [4.78, 5) is 25.4. The zero-order chi connectivity index (χ0) is 22.6. The number of amides is 1. The standard InChI is InChI=1S/C23H25F2NO4S/c1-15(16-6-3-2-4-7-16)19(27)11-9-17-14-23(24,25)22(30)26(17)13-5-8-18-10-12-20(31-18)21(28)29/h2-4,6-7,9-12,15,17,19,27H,5,8,13-14H2,1H3,(H,28,29)/t15-,17-,19-/m0/s1. The van der Waals surface area contributed by atoms with E-state index in [1.165, 1.54) is 18.2 Å². The van der Waals surface area contributed by atoms with Gasteiger partial charge in [-0.3, -0.25) is 4.79 Å². The van der Waals surface area contributed by atoms with Crippen LogP contribution >= 0.6 is 11.3 Å². The van der Waals surface area contributed by atoms with E-state index in [0.717, 1.165) is 26.7 Å². The van der Waals surface area contributed by atoms with Crippen molar-refractivity contribution in [2.24, 2.45) is 0 Å². The number of nitrogens with zero attached hydrogens (tertiary/aromatic N) is 1. The predicted octanol–water partition coefficient (Wildman–Crippen LogP) is 4.34. The third kappa shape index (κ3) is 5.57. The Morgan fingerprint density at radius 3 is 2.65 bits per heavy atom. The molecule has 1 aromatic carbocycles. The number of aliphatic hydroxyl groups excluding tert-OH is 1. The summed E-state index contributed by atoms with van der Waals surface area (Å²) in [6.45, 7) is 1.98. The van der Waals surface area contributed by atoms with Gasteiger partial charge in [0.15, 0.2) is 0 Å². The molecule has 1 aliphatic heterocycles. The van der Waals surface area contributed by atoms with Gasteiger partial charge >= 0.3 is 11.9 Å². The molecular weight excluding hydrogens is 424 g/mol. The number of rotatable bonds is 9. The summed E-state index contributed by atoms with van der Waals surface area (Å²) in [5.74, 6) is -5.85. The van der Waals surface area contributed by atoms with E-state index in [4.69, 9.17) is 5.11 Å². The maximum Gasteiger partial charge on any atom is 0.345 e. The number of benzene rings is 1. The van der Waals surface area contributed by atoms with Crippen LogP contribution in [0.15, 0.2) is 54.6 Å². The Kier molecular flexibility index (Phi) is 7.23. The largest absolute Gasteiger partial charge is 0.477 e. The number of carboxylic acid groups (broad SMARTS) is 1. The molecule has 2 heterocycles. The molecule has 1 aliphatic rings. The first-order chi connectivity index (χ1) is 14.7. The molecule has 3 rings (SSSR count). The summed E-state index contributed by atoms with van der Waals surface area (Å²) in [5, 5.41) is 19.4. The highest BCUT2D eigenvalue weighted by Gasteiger charge is 2.52. The highest BCUT2D eigenvalue weighted by molar-refractivity contribution is 7.13. The average Bonchev–Trinajstić information content (AvgIpc) is 3.30. The van der Waals surface area contributed by atoms with E-state index >= 15 is 0 Å². The number of likely N-dealkylation sites (tertiary alicyclic amines) is 1. The highest BCUT2D eigenvalue weighted by Crippen LogP contribution is 2.34. The molecule has 0 spiro atoms. The van der Waals surface area contributed by atoms with Gasteiger partial charge in [-0.2, -0.15) is 8.78 Å². The van der Waals surface area contributed by atoms with Gasteiger partial charge in [0.1, 0.15) is 4.88 Å². The quantitative estimate of drug-likeness (QED) is 0.559. The Hall–Kier alpha value is -2.58. The Bertz CT molecular complexity index is 944. The first-order valence-electron chi connectivity index (χ1n) is 10.1. The Balaban J connectivity index is 1.62. The summed E-state index contributed by atoms with van der Waals surface area (Å²) in [7, 11) is 0. The molecule has 3 atom stereocenters. The van der Waals surface area contributed by atoms with Gasteiger partial charge in [0.25, 0.3) is 5.91 Å². The number of carboxylic acids is 1. The van der Waals surface area contributed by atoms with Crippen LogP contribution in [0.5, 0.6) is 0 Å². The Labute approximate surface area is 183 Å². The SMILES string of the molecule is C[C@@H](c1ccccc1)[C@@H](O)C=C[C@H]1CC(F)(F)C(=O)N1CCCc1ccc(C(=O)O)s1. The van der Waals surface area contributed by atoms with Gasteiger partial charge in [-0.15, -0.1) is 11.3 Å². The first kappa shape index (κ1) is 23.1. The maximum atomic E-state index is 14.1. The minimum Gasteiger partial charge on any atom is -0.477 e. The molecule has 1 amide bonds. The van der Waals surface area contributed by atoms with Gasteiger partial charge in [0, 0.05) is 23.8 Å². The van der Waals surface area contributed by atoms with Crippen molar-refractivity contribution in [1.29, 1.82) is 0 Å². The molecule has 0 unspecified atom stereocenters. The summed E-state index contributed by atoms with van der Waals surface area (Å²) in [5.41, 5.74) is 0.931. The molecule has 2 aromatic rings. The molecule has 0 saturated carbocycles. The van der Waals surface area contributed by atoms with Crippen LogP contribution in [0.1, 0.15) is 45.8 Å². The zero-order valence-electron chi connectivity index (χ0n) is 17.1. The minimum absolute atomic E-state index is 0.133. The molecule has 8 heteroatoms. The molecule has 1 saturated heterocycles. The van der Waals surface area contributed by atoms with Crippen LogP contribution in [0, 0.1) is 0 Å². The molecule has 5 nitrogen and oxygen atoms in total. The fourth-order valence-electron chi connectivity index (χ4n) is 3.67. The second kappa shape index (κ2) is 9.70. The van der Waals surface area contributed by atoms with E-state index in [1.54, 1.807) is 6.07 Å². The molecule has 1 fully saturated rings. The number of carbonyl (C=O) groups excluding carboxylic acids is 1. The van der Waals surface area contributed by atoms with Crippen molar-refractivity contribution >= 4 is 23.2 Å². The van der Waals surface area contributed by atoms with Crippen molar-refractivity contribution in [1.82, 2.24) is 4.90 Å². The number of alkyl halides is 2. The van der Waals surface area contributed by atoms with E-state index in [-0.39, 0.29) is 17.3 Å². The molecule has 0 bridgehead atoms. The first-order valence-corrected chi connectivity index (χ1v) is 10.9. The highest BCUT2D eigenvalue weighted by atomic mass is 32.1. The zero-order valence-corrected chi connectivity index (χ0v) is 17.9. The van der Waals surface area contributed by atoms with Gasteiger partial charge in [-0.1, -0.05) is 49.4 Å². The van der Waals surface area contributed by atoms with Crippen LogP contribution in [-0.4, -0.2) is 51.6 Å². The molecule has 0 radical (unpaired) electrons. The number of halogens is 2. The Morgan fingerprint density at radius 2 is 2.00 bits per heavy atom. The van der Waals surface area contributed by atoms with Gasteiger partial charge < -0.3 is 15.1 Å². The van der Waals surface area contributed by atoms with Crippen molar-refractivity contribution in [2.45, 2.75) is 50.2 Å². The van der Waals surface area contributed by atoms with Crippen LogP contribution < -0.4 is 0 Å². The van der Waals surface area contributed by atoms with Crippen LogP contribution in [0.2, 0.25) is 0 Å². The van der Waals surface area contributed by atoms with E-state index < -0.39 is 36.4 Å². The van der Waals surface area contributed by atoms with Gasteiger partial charge in [0.2, 0.25) is 0 Å². The van der Waals surface area contributed by atoms with Crippen molar-refractivity contribution < 1.29 is 28.6 Å². The number of aromatic carboxylic acids is 1. The summed E-state index contributed by atoms with van der Waals surface area (Å²) < 4.78 is 28.2. The Morgan fingerprint density at radius 1 is 1.29 bits per heavy atom. The summed E-state index contributed by atoms with van der Waals surface area (Å²) in [6, 6.07) is 11.8. The molecular formula is C23H25F2NO4S. The van der Waals surface area contributed by atoms with Crippen LogP contribution in [0.25, 0.3) is 0 Å². The van der Waals surface area contributed by atoms with E-state index in [1.807, 2.05) is 37.3 Å². The van der Waals surface area contributed by atoms with Crippen molar-refractivity contribution in [3.05, 3.63) is 69.9 Å². The molecule has 166 valence electrons. The van der Waals surface area contributed by atoms with Crippen molar-refractivity contribution in [3.8, 4) is 0 Å². The molecule has 0 aliphatic carbocycles. The van der Waals surface area contributed by atoms with Crippen LogP contribution in [-0.2, 0) is 11.2 Å². The molecule has 1 aromatic heterocycles. The third-order valence-corrected chi connectivity index (χ3v) is 6.64. The summed E-state index contributed by atoms with van der Waals surface area (Å²) >= 11 is 1.14. The average molecular weight is 450 g/mol. The number of hydrogen-bond donors (Lipinski definition) is 2.